The standard InChI is InChI=1S/C15H6O9/c16-5-3-1-2-4-6(5)23-14-9(18)7-8(17)10(19)11(20)12(21)13(7)24-15(14)22/h1-2,4,14H,3H2. The largest absolute Gasteiger partial charge is 0.467 e. The molecule has 1 heterocycles. The maximum absolute atomic E-state index is 12.3. The van der Waals surface area contributed by atoms with Crippen molar-refractivity contribution in [2.24, 2.45) is 0 Å². The lowest BCUT2D eigenvalue weighted by Crippen LogP contribution is -2.54. The first kappa shape index (κ1) is 15.4. The van der Waals surface area contributed by atoms with Crippen LogP contribution in [-0.4, -0.2) is 23.6 Å². The van der Waals surface area contributed by atoms with Crippen LogP contribution in [0.1, 0.15) is 16.8 Å². The Labute approximate surface area is 131 Å². The monoisotopic (exact) mass is 330 g/mol. The van der Waals surface area contributed by atoms with Gasteiger partial charge < -0.3 is 9.47 Å². The van der Waals surface area contributed by atoms with Crippen LogP contribution in [0, 0.1) is 0 Å². The van der Waals surface area contributed by atoms with E-state index in [0.29, 0.717) is 0 Å². The molecule has 0 bridgehead atoms. The molecule has 0 spiro atoms. The molecule has 0 N–H and O–H groups in total. The van der Waals surface area contributed by atoms with E-state index in [9.17, 15) is 33.6 Å². The molecule has 120 valence electrons. The topological polar surface area (TPSA) is 138 Å². The number of carbonyl (C=O) groups is 3. The van der Waals surface area contributed by atoms with Gasteiger partial charge in [-0.2, -0.15) is 0 Å². The van der Waals surface area contributed by atoms with Gasteiger partial charge in [-0.1, -0.05) is 12.2 Å². The number of Topliss-reactive ketones (excluding diaryl/α,β-unsaturated/α-hetero) is 2. The summed E-state index contributed by atoms with van der Waals surface area (Å²) in [6.45, 7) is 0. The molecule has 0 saturated carbocycles. The van der Waals surface area contributed by atoms with Crippen molar-refractivity contribution in [1.29, 1.82) is 0 Å². The summed E-state index contributed by atoms with van der Waals surface area (Å²) in [6.07, 6.45) is 2.14. The third kappa shape index (κ3) is 2.14. The van der Waals surface area contributed by atoms with E-state index in [1.807, 2.05) is 0 Å². The van der Waals surface area contributed by atoms with Gasteiger partial charge in [0, 0.05) is 6.42 Å². The normalized spacial score (nSPS) is 19.6. The highest BCUT2D eigenvalue weighted by Crippen LogP contribution is 2.22. The highest BCUT2D eigenvalue weighted by molar-refractivity contribution is 6.16. The van der Waals surface area contributed by atoms with Crippen molar-refractivity contribution in [2.45, 2.75) is 12.5 Å². The van der Waals surface area contributed by atoms with Crippen molar-refractivity contribution in [2.75, 3.05) is 0 Å². The number of rotatable bonds is 2. The van der Waals surface area contributed by atoms with E-state index in [4.69, 9.17) is 4.74 Å². The van der Waals surface area contributed by atoms with Gasteiger partial charge in [0.2, 0.25) is 17.0 Å². The van der Waals surface area contributed by atoms with E-state index in [-0.39, 0.29) is 12.2 Å². The first-order valence-corrected chi connectivity index (χ1v) is 6.57. The average Bonchev–Trinajstić information content (AvgIpc) is 2.56. The Hall–Kier alpha value is -3.49. The lowest BCUT2D eigenvalue weighted by Gasteiger charge is -2.22. The number of benzene rings is 1. The third-order valence-electron chi connectivity index (χ3n) is 3.39. The molecule has 0 fully saturated rings. The fraction of sp³-hybridized carbons (Fsp3) is 0.133. The van der Waals surface area contributed by atoms with Crippen molar-refractivity contribution in [3.63, 3.8) is 0 Å². The quantitative estimate of drug-likeness (QED) is 0.258. The van der Waals surface area contributed by atoms with Crippen LogP contribution in [0.4, 0.5) is 0 Å². The van der Waals surface area contributed by atoms with Gasteiger partial charge in [-0.3, -0.25) is 28.8 Å². The molecule has 0 radical (unpaired) electrons. The van der Waals surface area contributed by atoms with Crippen LogP contribution in [0.2, 0.25) is 0 Å². The zero-order valence-electron chi connectivity index (χ0n) is 11.7. The lowest BCUT2D eigenvalue weighted by molar-refractivity contribution is -0.143. The number of carbonyl (C=O) groups excluding carboxylic acids is 3. The summed E-state index contributed by atoms with van der Waals surface area (Å²) in [6, 6.07) is 0. The molecule has 1 atom stereocenters. The van der Waals surface area contributed by atoms with Crippen LogP contribution in [0.15, 0.2) is 43.2 Å². The minimum Gasteiger partial charge on any atom is -0.467 e. The van der Waals surface area contributed by atoms with Gasteiger partial charge in [-0.05, 0) is 6.08 Å². The molecule has 1 aromatic rings. The highest BCUT2D eigenvalue weighted by atomic mass is 16.6. The number of fused-ring (bicyclic) bond motifs is 1. The smallest absolute Gasteiger partial charge is 0.361 e. The molecule has 1 aliphatic heterocycles. The van der Waals surface area contributed by atoms with E-state index < -0.39 is 56.7 Å². The van der Waals surface area contributed by atoms with Crippen molar-refractivity contribution >= 4 is 17.5 Å². The summed E-state index contributed by atoms with van der Waals surface area (Å²) in [7, 11) is 0. The van der Waals surface area contributed by atoms with E-state index in [1.54, 1.807) is 0 Å². The van der Waals surface area contributed by atoms with Crippen molar-refractivity contribution in [1.82, 2.24) is 0 Å². The first-order valence-electron chi connectivity index (χ1n) is 6.57. The molecule has 24 heavy (non-hydrogen) atoms. The van der Waals surface area contributed by atoms with Gasteiger partial charge in [0.05, 0.1) is 0 Å². The lowest BCUT2D eigenvalue weighted by atomic mass is 10.0. The molecule has 1 unspecified atom stereocenters. The SMILES string of the molecule is O=C1CC=CC=C1OC1C(=O)Oc2c(c(=O)c(=O)c(=O)c2=O)C1=O. The molecule has 9 nitrogen and oxygen atoms in total. The van der Waals surface area contributed by atoms with E-state index in [0.717, 1.165) is 0 Å². The summed E-state index contributed by atoms with van der Waals surface area (Å²) < 4.78 is 9.55. The van der Waals surface area contributed by atoms with Crippen LogP contribution in [0.5, 0.6) is 5.75 Å². The molecule has 1 aliphatic carbocycles. The number of ether oxygens (including phenoxy) is 2. The minimum absolute atomic E-state index is 0.0137. The number of hydrogen-bond acceptors (Lipinski definition) is 9. The van der Waals surface area contributed by atoms with Crippen LogP contribution in [0.3, 0.4) is 0 Å². The fourth-order valence-electron chi connectivity index (χ4n) is 2.21. The Balaban J connectivity index is 2.12. The number of esters is 1. The first-order chi connectivity index (χ1) is 11.3. The Kier molecular flexibility index (Phi) is 3.40. The predicted octanol–water partition coefficient (Wildman–Crippen LogP) is -2.10. The second kappa shape index (κ2) is 5.30. The molecule has 3 rings (SSSR count). The maximum Gasteiger partial charge on any atom is 0.361 e. The van der Waals surface area contributed by atoms with Crippen LogP contribution in [0.25, 0.3) is 0 Å². The van der Waals surface area contributed by atoms with Crippen LogP contribution >= 0.6 is 0 Å². The Morgan fingerprint density at radius 3 is 2.25 bits per heavy atom. The van der Waals surface area contributed by atoms with Crippen molar-refractivity contribution in [3.05, 3.63) is 70.4 Å². The zero-order chi connectivity index (χ0) is 17.6. The van der Waals surface area contributed by atoms with Crippen LogP contribution < -0.4 is 26.5 Å². The summed E-state index contributed by atoms with van der Waals surface area (Å²) in [4.78, 5) is 81.9. The zero-order valence-corrected chi connectivity index (χ0v) is 11.7. The molecule has 0 aromatic heterocycles. The summed E-state index contributed by atoms with van der Waals surface area (Å²) in [5.74, 6) is -4.60. The van der Waals surface area contributed by atoms with Crippen LogP contribution in [-0.2, 0) is 14.3 Å². The Bertz CT molecular complexity index is 1060. The Morgan fingerprint density at radius 1 is 0.917 bits per heavy atom. The number of allylic oxidation sites excluding steroid dienone is 4. The second-order valence-electron chi connectivity index (χ2n) is 4.89. The summed E-state index contributed by atoms with van der Waals surface area (Å²) in [5.41, 5.74) is -7.50. The van der Waals surface area contributed by atoms with Crippen molar-refractivity contribution < 1.29 is 23.9 Å². The average molecular weight is 330 g/mol. The number of hydrogen-bond donors (Lipinski definition) is 0. The molecule has 9 heteroatoms. The number of ketones is 2. The van der Waals surface area contributed by atoms with Gasteiger partial charge >= 0.3 is 5.97 Å². The van der Waals surface area contributed by atoms with Gasteiger partial charge in [-0.25, -0.2) is 4.79 Å². The molecule has 1 aromatic carbocycles. The highest BCUT2D eigenvalue weighted by Gasteiger charge is 2.43. The summed E-state index contributed by atoms with van der Waals surface area (Å²) >= 11 is 0. The summed E-state index contributed by atoms with van der Waals surface area (Å²) in [5, 5.41) is 0. The van der Waals surface area contributed by atoms with Gasteiger partial charge in [-0.15, -0.1) is 0 Å². The second-order valence-corrected chi connectivity index (χ2v) is 4.89. The van der Waals surface area contributed by atoms with E-state index in [1.165, 1.54) is 18.2 Å². The van der Waals surface area contributed by atoms with Gasteiger partial charge in [0.25, 0.3) is 22.4 Å². The fourth-order valence-corrected chi connectivity index (χ4v) is 2.21. The van der Waals surface area contributed by atoms with E-state index >= 15 is 0 Å². The molecular formula is C15H6O9. The van der Waals surface area contributed by atoms with Crippen molar-refractivity contribution in [3.8, 4) is 5.75 Å². The van der Waals surface area contributed by atoms with Gasteiger partial charge in [0.1, 0.15) is 5.56 Å². The van der Waals surface area contributed by atoms with E-state index in [2.05, 4.69) is 4.74 Å². The molecular weight excluding hydrogens is 324 g/mol. The Morgan fingerprint density at radius 2 is 1.58 bits per heavy atom. The van der Waals surface area contributed by atoms with Gasteiger partial charge in [0.15, 0.2) is 11.5 Å². The predicted molar refractivity (Wildman–Crippen MR) is 75.6 cm³/mol. The maximum atomic E-state index is 12.3. The minimum atomic E-state index is -2.02. The third-order valence-corrected chi connectivity index (χ3v) is 3.39. The molecule has 0 saturated heterocycles. The molecule has 0 amide bonds. The molecule has 2 aliphatic rings.